The Labute approximate surface area is 107 Å². The second-order valence-corrected chi connectivity index (χ2v) is 11.0. The molecule has 1 aliphatic carbocycles. The van der Waals surface area contributed by atoms with Crippen molar-refractivity contribution in [3.63, 3.8) is 0 Å². The van der Waals surface area contributed by atoms with E-state index in [4.69, 9.17) is 4.43 Å². The third-order valence-electron chi connectivity index (χ3n) is 3.69. The van der Waals surface area contributed by atoms with Gasteiger partial charge in [0, 0.05) is 0 Å². The lowest BCUT2D eigenvalue weighted by Crippen LogP contribution is -2.47. The Hall–Kier alpha value is -0.723. The Morgan fingerprint density at radius 2 is 1.47 bits per heavy atom. The highest BCUT2D eigenvalue weighted by Gasteiger charge is 2.47. The van der Waals surface area contributed by atoms with E-state index in [1.165, 1.54) is 0 Å². The van der Waals surface area contributed by atoms with Gasteiger partial charge in [0.05, 0.1) is 12.2 Å². The molecule has 0 fully saturated rings. The van der Waals surface area contributed by atoms with Gasteiger partial charge in [-0.2, -0.15) is 0 Å². The molecule has 17 heavy (non-hydrogen) atoms. The minimum Gasteiger partial charge on any atom is -0.545 e. The Morgan fingerprint density at radius 3 is 1.82 bits per heavy atom. The fraction of sp³-hybridized carbons (Fsp3) is 0.600. The summed E-state index contributed by atoms with van der Waals surface area (Å²) in [5.41, 5.74) is 4.89. The van der Waals surface area contributed by atoms with E-state index in [1.807, 2.05) is 24.6 Å². The summed E-state index contributed by atoms with van der Waals surface area (Å²) in [6, 6.07) is 0. The van der Waals surface area contributed by atoms with Crippen LogP contribution >= 0.6 is 0 Å². The van der Waals surface area contributed by atoms with Crippen LogP contribution in [0.5, 0.6) is 0 Å². The van der Waals surface area contributed by atoms with E-state index in [1.54, 1.807) is 0 Å². The minimum absolute atomic E-state index is 0.617. The Balaban J connectivity index is 2.98. The average Bonchev–Trinajstić information content (AvgIpc) is 2.25. The van der Waals surface area contributed by atoms with Crippen LogP contribution in [0.3, 0.4) is 0 Å². The van der Waals surface area contributed by atoms with Gasteiger partial charge in [-0.1, -0.05) is 41.5 Å². The molecule has 0 atom stereocenters. The van der Waals surface area contributed by atoms with Gasteiger partial charge in [-0.25, -0.2) is 0 Å². The SMILES string of the molecule is CC(C)[Si](OC1=CC=C=C[CH]1)(C(C)C)C(C)C. The van der Waals surface area contributed by atoms with E-state index >= 15 is 0 Å². The summed E-state index contributed by atoms with van der Waals surface area (Å²) in [7, 11) is -1.78. The fourth-order valence-corrected chi connectivity index (χ4v) is 8.25. The molecule has 0 aromatic rings. The standard InChI is InChI=1S/C15H25OSi/c1-12(2)17(13(3)4,14(5)6)16-15-10-8-7-9-11-15/h8-14H,1-6H3. The van der Waals surface area contributed by atoms with Crippen molar-refractivity contribution in [3.05, 3.63) is 36.1 Å². The van der Waals surface area contributed by atoms with Gasteiger partial charge in [-0.05, 0) is 34.9 Å². The van der Waals surface area contributed by atoms with Crippen molar-refractivity contribution in [2.45, 2.75) is 58.2 Å². The van der Waals surface area contributed by atoms with Crippen LogP contribution in [0, 0.1) is 6.42 Å². The van der Waals surface area contributed by atoms with Gasteiger partial charge in [-0.3, -0.25) is 0 Å². The summed E-state index contributed by atoms with van der Waals surface area (Å²) in [5, 5.41) is 0. The van der Waals surface area contributed by atoms with E-state index in [9.17, 15) is 0 Å². The molecule has 1 nitrogen and oxygen atoms in total. The average molecular weight is 249 g/mol. The maximum absolute atomic E-state index is 6.51. The van der Waals surface area contributed by atoms with Crippen LogP contribution in [0.25, 0.3) is 0 Å². The van der Waals surface area contributed by atoms with E-state index < -0.39 is 8.32 Å². The van der Waals surface area contributed by atoms with Crippen LogP contribution in [0.4, 0.5) is 0 Å². The summed E-state index contributed by atoms with van der Waals surface area (Å²) in [6.07, 6.45) is 7.90. The highest BCUT2D eigenvalue weighted by atomic mass is 28.4. The highest BCUT2D eigenvalue weighted by molar-refractivity contribution is 6.77. The second kappa shape index (κ2) is 5.75. The van der Waals surface area contributed by atoms with Crippen molar-refractivity contribution >= 4 is 8.32 Å². The monoisotopic (exact) mass is 249 g/mol. The predicted molar refractivity (Wildman–Crippen MR) is 77.2 cm³/mol. The van der Waals surface area contributed by atoms with Gasteiger partial charge in [-0.15, -0.1) is 5.73 Å². The fourth-order valence-electron chi connectivity index (χ4n) is 3.00. The van der Waals surface area contributed by atoms with Crippen LogP contribution in [0.2, 0.25) is 16.6 Å². The van der Waals surface area contributed by atoms with Gasteiger partial charge in [0.2, 0.25) is 0 Å². The first kappa shape index (κ1) is 14.3. The van der Waals surface area contributed by atoms with Crippen LogP contribution in [-0.2, 0) is 4.43 Å². The van der Waals surface area contributed by atoms with Crippen molar-refractivity contribution in [2.24, 2.45) is 0 Å². The summed E-state index contributed by atoms with van der Waals surface area (Å²) in [4.78, 5) is 0. The van der Waals surface area contributed by atoms with Crippen LogP contribution in [-0.4, -0.2) is 8.32 Å². The molecule has 0 heterocycles. The normalized spacial score (nSPS) is 15.9. The Morgan fingerprint density at radius 1 is 0.941 bits per heavy atom. The lowest BCUT2D eigenvalue weighted by Gasteiger charge is -2.42. The van der Waals surface area contributed by atoms with Crippen LogP contribution in [0.1, 0.15) is 41.5 Å². The van der Waals surface area contributed by atoms with Crippen molar-refractivity contribution in [2.75, 3.05) is 0 Å². The third kappa shape index (κ3) is 2.94. The maximum atomic E-state index is 6.51. The molecule has 0 spiro atoms. The lowest BCUT2D eigenvalue weighted by atomic mass is 10.2. The second-order valence-electron chi connectivity index (χ2n) is 5.66. The zero-order valence-corrected chi connectivity index (χ0v) is 12.9. The molecule has 0 N–H and O–H groups in total. The molecule has 1 aliphatic rings. The minimum atomic E-state index is -1.78. The third-order valence-corrected chi connectivity index (χ3v) is 9.69. The highest BCUT2D eigenvalue weighted by Crippen LogP contribution is 2.43. The first-order chi connectivity index (χ1) is 7.91. The molecule has 95 valence electrons. The molecule has 0 aromatic heterocycles. The molecule has 0 saturated carbocycles. The van der Waals surface area contributed by atoms with Crippen molar-refractivity contribution in [1.29, 1.82) is 0 Å². The van der Waals surface area contributed by atoms with E-state index in [0.717, 1.165) is 5.76 Å². The summed E-state index contributed by atoms with van der Waals surface area (Å²) < 4.78 is 6.51. The molecule has 1 radical (unpaired) electrons. The van der Waals surface area contributed by atoms with Crippen molar-refractivity contribution in [1.82, 2.24) is 0 Å². The lowest BCUT2D eigenvalue weighted by molar-refractivity contribution is 0.381. The summed E-state index contributed by atoms with van der Waals surface area (Å²) in [6.45, 7) is 13.8. The van der Waals surface area contributed by atoms with Crippen molar-refractivity contribution in [3.8, 4) is 0 Å². The van der Waals surface area contributed by atoms with Gasteiger partial charge in [0.1, 0.15) is 0 Å². The quantitative estimate of drug-likeness (QED) is 0.492. The number of hydrogen-bond donors (Lipinski definition) is 0. The predicted octanol–water partition coefficient (Wildman–Crippen LogP) is 4.99. The number of allylic oxidation sites excluding steroid dienone is 2. The smallest absolute Gasteiger partial charge is 0.258 e. The molecule has 1 rings (SSSR count). The summed E-state index contributed by atoms with van der Waals surface area (Å²) >= 11 is 0. The van der Waals surface area contributed by atoms with E-state index in [0.29, 0.717) is 16.6 Å². The summed E-state index contributed by atoms with van der Waals surface area (Å²) in [5.74, 6) is 1.01. The molecule has 0 bridgehead atoms. The molecule has 0 aromatic carbocycles. The van der Waals surface area contributed by atoms with Crippen LogP contribution in [0.15, 0.2) is 29.7 Å². The van der Waals surface area contributed by atoms with E-state index in [2.05, 4.69) is 47.3 Å². The molecule has 0 saturated heterocycles. The maximum Gasteiger partial charge on any atom is 0.258 e. The molecule has 0 unspecified atom stereocenters. The molecular formula is C15H25OSi. The Bertz CT molecular complexity index is 322. The van der Waals surface area contributed by atoms with Crippen LogP contribution < -0.4 is 0 Å². The first-order valence-corrected chi connectivity index (χ1v) is 8.70. The van der Waals surface area contributed by atoms with Gasteiger partial charge in [0.25, 0.3) is 8.32 Å². The number of hydrogen-bond acceptors (Lipinski definition) is 1. The first-order valence-electron chi connectivity index (χ1n) is 6.56. The number of rotatable bonds is 5. The zero-order chi connectivity index (χ0) is 13.1. The van der Waals surface area contributed by atoms with Crippen molar-refractivity contribution < 1.29 is 4.43 Å². The molecular weight excluding hydrogens is 224 g/mol. The zero-order valence-electron chi connectivity index (χ0n) is 11.9. The molecule has 2 heteroatoms. The van der Waals surface area contributed by atoms with Gasteiger partial charge in [0.15, 0.2) is 0 Å². The largest absolute Gasteiger partial charge is 0.545 e. The van der Waals surface area contributed by atoms with E-state index in [-0.39, 0.29) is 0 Å². The van der Waals surface area contributed by atoms with Gasteiger partial charge < -0.3 is 4.43 Å². The van der Waals surface area contributed by atoms with Gasteiger partial charge >= 0.3 is 0 Å². The Kier molecular flexibility index (Phi) is 4.85. The topological polar surface area (TPSA) is 9.23 Å². The molecule has 0 amide bonds. The molecule has 0 aliphatic heterocycles.